The number of rotatable bonds is 2. The molecule has 4 heterocycles. The minimum Gasteiger partial charge on any atom is -0.457 e. The van der Waals surface area contributed by atoms with Crippen molar-refractivity contribution in [3.05, 3.63) is 180 Å². The molecule has 0 saturated heterocycles. The predicted molar refractivity (Wildman–Crippen MR) is 216 cm³/mol. The number of nitrogens with zero attached hydrogens (tertiary/aromatic N) is 2. The monoisotopic (exact) mass is 698 g/mol. The lowest BCUT2D eigenvalue weighted by Crippen LogP contribution is -2.32. The van der Waals surface area contributed by atoms with Gasteiger partial charge in [0.1, 0.15) is 11.5 Å². The summed E-state index contributed by atoms with van der Waals surface area (Å²) < 4.78 is 11.4. The Bertz CT molecular complexity index is 3090. The summed E-state index contributed by atoms with van der Waals surface area (Å²) in [6.07, 6.45) is 0. The summed E-state index contributed by atoms with van der Waals surface area (Å²) >= 11 is 3.60. The number of para-hydroxylation sites is 2. The normalized spacial score (nSPS) is 13.7. The van der Waals surface area contributed by atoms with Crippen molar-refractivity contribution in [3.63, 3.8) is 0 Å². The number of hydrogen-bond acceptors (Lipinski definition) is 5. The van der Waals surface area contributed by atoms with Gasteiger partial charge in [-0.05, 0) is 58.7 Å². The number of thiophene rings is 2. The van der Waals surface area contributed by atoms with Crippen molar-refractivity contribution in [2.75, 3.05) is 0 Å². The molecule has 0 unspecified atom stereocenters. The van der Waals surface area contributed by atoms with E-state index in [0.29, 0.717) is 0 Å². The van der Waals surface area contributed by atoms with Gasteiger partial charge in [0.15, 0.2) is 5.82 Å². The molecule has 0 N–H and O–H groups in total. The second-order valence-corrected chi connectivity index (χ2v) is 15.7. The third-order valence-electron chi connectivity index (χ3n) is 11.0. The Labute approximate surface area is 307 Å². The smallest absolute Gasteiger partial charge is 0.161 e. The molecule has 0 bridgehead atoms. The molecule has 0 fully saturated rings. The van der Waals surface area contributed by atoms with Crippen molar-refractivity contribution in [1.82, 2.24) is 9.97 Å². The molecule has 5 heteroatoms. The summed E-state index contributed by atoms with van der Waals surface area (Å²) in [7, 11) is 0. The maximum atomic E-state index is 6.61. The van der Waals surface area contributed by atoms with Gasteiger partial charge in [0.05, 0.1) is 21.3 Å². The minimum absolute atomic E-state index is 0.552. The lowest BCUT2D eigenvalue weighted by atomic mass is 9.66. The first-order valence-corrected chi connectivity index (χ1v) is 19.1. The number of hydrogen-bond donors (Lipinski definition) is 0. The number of ether oxygens (including phenoxy) is 1. The SMILES string of the molecule is c1ccc2c(c1)Oc1ccccc1C21c2ccccc2-c2ccc(-c3nc(-c4cccc5sc6ccccc6c45)nc4c3sc3ccccc34)cc21. The summed E-state index contributed by atoms with van der Waals surface area (Å²) in [5, 5.41) is 3.62. The largest absolute Gasteiger partial charge is 0.457 e. The summed E-state index contributed by atoms with van der Waals surface area (Å²) in [6, 6.07) is 56.8. The third-order valence-corrected chi connectivity index (χ3v) is 13.3. The van der Waals surface area contributed by atoms with Gasteiger partial charge in [0, 0.05) is 52.5 Å². The lowest BCUT2D eigenvalue weighted by molar-refractivity contribution is 0.436. The molecular weight excluding hydrogens is 673 g/mol. The van der Waals surface area contributed by atoms with Crippen LogP contribution >= 0.6 is 22.7 Å². The summed E-state index contributed by atoms with van der Waals surface area (Å²) in [4.78, 5) is 10.9. The number of benzene rings is 7. The van der Waals surface area contributed by atoms with Crippen LogP contribution in [0.1, 0.15) is 22.3 Å². The van der Waals surface area contributed by atoms with E-state index in [1.54, 1.807) is 11.3 Å². The molecule has 52 heavy (non-hydrogen) atoms. The fourth-order valence-electron chi connectivity index (χ4n) is 8.87. The van der Waals surface area contributed by atoms with Crippen molar-refractivity contribution >= 4 is 63.1 Å². The van der Waals surface area contributed by atoms with Crippen LogP contribution < -0.4 is 4.74 Å². The molecule has 3 nitrogen and oxygen atoms in total. The van der Waals surface area contributed by atoms with Gasteiger partial charge in [-0.3, -0.25) is 0 Å². The first-order valence-electron chi connectivity index (χ1n) is 17.5. The quantitative estimate of drug-likeness (QED) is 0.180. The molecule has 0 radical (unpaired) electrons. The zero-order valence-corrected chi connectivity index (χ0v) is 29.3. The Hall–Kier alpha value is -6.14. The van der Waals surface area contributed by atoms with Crippen molar-refractivity contribution < 1.29 is 4.74 Å². The number of aromatic nitrogens is 2. The molecule has 10 aromatic rings. The third kappa shape index (κ3) is 3.69. The Morgan fingerprint density at radius 3 is 1.88 bits per heavy atom. The van der Waals surface area contributed by atoms with Crippen LogP contribution in [-0.4, -0.2) is 9.97 Å². The molecule has 1 spiro atoms. The maximum absolute atomic E-state index is 6.61. The van der Waals surface area contributed by atoms with E-state index >= 15 is 0 Å². The Balaban J connectivity index is 1.18. The second-order valence-electron chi connectivity index (χ2n) is 13.6. The Morgan fingerprint density at radius 1 is 0.462 bits per heavy atom. The average Bonchev–Trinajstić information content (AvgIpc) is 3.86. The highest BCUT2D eigenvalue weighted by molar-refractivity contribution is 7.26. The van der Waals surface area contributed by atoms with Crippen LogP contribution in [-0.2, 0) is 5.41 Å². The topological polar surface area (TPSA) is 35.0 Å². The zero-order valence-electron chi connectivity index (χ0n) is 27.6. The molecule has 0 atom stereocenters. The van der Waals surface area contributed by atoms with E-state index in [2.05, 4.69) is 158 Å². The highest BCUT2D eigenvalue weighted by atomic mass is 32.1. The van der Waals surface area contributed by atoms with Crippen molar-refractivity contribution in [1.29, 1.82) is 0 Å². The second kappa shape index (κ2) is 10.5. The molecule has 0 saturated carbocycles. The highest BCUT2D eigenvalue weighted by Gasteiger charge is 2.51. The van der Waals surface area contributed by atoms with Crippen molar-refractivity contribution in [2.24, 2.45) is 0 Å². The minimum atomic E-state index is -0.552. The summed E-state index contributed by atoms with van der Waals surface area (Å²) in [6.45, 7) is 0. The molecule has 1 aliphatic heterocycles. The summed E-state index contributed by atoms with van der Waals surface area (Å²) in [5.41, 5.74) is 10.9. The molecule has 7 aromatic carbocycles. The Kier molecular flexibility index (Phi) is 5.74. The van der Waals surface area contributed by atoms with Gasteiger partial charge in [-0.25, -0.2) is 9.97 Å². The first-order chi connectivity index (χ1) is 25.8. The molecule has 242 valence electrons. The van der Waals surface area contributed by atoms with Gasteiger partial charge >= 0.3 is 0 Å². The van der Waals surface area contributed by atoms with E-state index < -0.39 is 5.41 Å². The van der Waals surface area contributed by atoms with Crippen LogP contribution in [0.3, 0.4) is 0 Å². The average molecular weight is 699 g/mol. The standard InChI is InChI=1S/C47H26N2OS2/c1-4-16-33-28(12-1)29-25-24-27(26-36(29)47(33)34-17-5-7-19-37(34)50-38-20-8-6-18-35(38)47)43-45-44(31-14-3-10-22-40(31)52-45)49-46(48-43)32-15-11-23-41-42(32)30-13-2-9-21-39(30)51-41/h1-26H. The van der Waals surface area contributed by atoms with E-state index in [1.807, 2.05) is 11.3 Å². The van der Waals surface area contributed by atoms with Crippen LogP contribution in [0.25, 0.3) is 74.2 Å². The van der Waals surface area contributed by atoms with Crippen molar-refractivity contribution in [2.45, 2.75) is 5.41 Å². The van der Waals surface area contributed by atoms with Gasteiger partial charge in [-0.15, -0.1) is 22.7 Å². The zero-order chi connectivity index (χ0) is 34.0. The van der Waals surface area contributed by atoms with E-state index in [1.165, 1.54) is 47.1 Å². The van der Waals surface area contributed by atoms with Crippen LogP contribution in [0.4, 0.5) is 0 Å². The Morgan fingerprint density at radius 2 is 1.08 bits per heavy atom. The highest BCUT2D eigenvalue weighted by Crippen LogP contribution is 2.62. The molecule has 1 aliphatic carbocycles. The molecule has 3 aromatic heterocycles. The molecule has 12 rings (SSSR count). The van der Waals surface area contributed by atoms with Gasteiger partial charge in [0.2, 0.25) is 0 Å². The van der Waals surface area contributed by atoms with Gasteiger partial charge in [-0.2, -0.15) is 0 Å². The van der Waals surface area contributed by atoms with Crippen molar-refractivity contribution in [3.8, 4) is 45.3 Å². The maximum Gasteiger partial charge on any atom is 0.161 e. The number of fused-ring (bicyclic) bond motifs is 15. The molecule has 0 amide bonds. The van der Waals surface area contributed by atoms with E-state index in [-0.39, 0.29) is 0 Å². The van der Waals surface area contributed by atoms with Gasteiger partial charge < -0.3 is 4.74 Å². The molecular formula is C47H26N2OS2. The first kappa shape index (κ1) is 28.5. The van der Waals surface area contributed by atoms with Gasteiger partial charge in [0.25, 0.3) is 0 Å². The predicted octanol–water partition coefficient (Wildman–Crippen LogP) is 13.0. The summed E-state index contributed by atoms with van der Waals surface area (Å²) in [5.74, 6) is 2.53. The fraction of sp³-hybridized carbons (Fsp3) is 0.0213. The lowest BCUT2D eigenvalue weighted by Gasteiger charge is -2.39. The fourth-order valence-corrected chi connectivity index (χ4v) is 11.2. The van der Waals surface area contributed by atoms with Crippen LogP contribution in [0, 0.1) is 0 Å². The van der Waals surface area contributed by atoms with Gasteiger partial charge in [-0.1, -0.05) is 121 Å². The van der Waals surface area contributed by atoms with Crippen LogP contribution in [0.15, 0.2) is 158 Å². The molecule has 2 aliphatic rings. The van der Waals surface area contributed by atoms with E-state index in [4.69, 9.17) is 14.7 Å². The van der Waals surface area contributed by atoms with Crippen LogP contribution in [0.5, 0.6) is 11.5 Å². The van der Waals surface area contributed by atoms with Crippen LogP contribution in [0.2, 0.25) is 0 Å². The van der Waals surface area contributed by atoms with E-state index in [0.717, 1.165) is 60.9 Å². The van der Waals surface area contributed by atoms with E-state index in [9.17, 15) is 0 Å².